The van der Waals surface area contributed by atoms with Crippen LogP contribution in [-0.2, 0) is 16.3 Å². The number of benzene rings is 2. The summed E-state index contributed by atoms with van der Waals surface area (Å²) in [4.78, 5) is 10.5. The Morgan fingerprint density at radius 3 is 2.38 bits per heavy atom. The number of anilines is 1. The smallest absolute Gasteiger partial charge is 0.293 e. The topological polar surface area (TPSA) is 98.5 Å². The molecule has 0 aliphatic carbocycles. The van der Waals surface area contributed by atoms with E-state index in [0.717, 1.165) is 23.6 Å². The number of nitro benzene ring substituents is 1. The number of sulfone groups is 1. The average molecular weight is 350 g/mol. The second-order valence-corrected chi connectivity index (χ2v) is 7.25. The van der Waals surface area contributed by atoms with Crippen LogP contribution in [0.15, 0.2) is 47.4 Å². The minimum atomic E-state index is -3.49. The molecule has 0 fully saturated rings. The first-order valence-corrected chi connectivity index (χ1v) is 9.05. The van der Waals surface area contributed by atoms with E-state index in [4.69, 9.17) is 4.74 Å². The van der Waals surface area contributed by atoms with Crippen LogP contribution in [0.3, 0.4) is 0 Å². The zero-order chi connectivity index (χ0) is 17.7. The Hall–Kier alpha value is -2.61. The van der Waals surface area contributed by atoms with Crippen LogP contribution in [-0.4, -0.2) is 33.3 Å². The molecule has 2 aromatic rings. The van der Waals surface area contributed by atoms with E-state index in [2.05, 4.69) is 5.32 Å². The Kier molecular flexibility index (Phi) is 5.40. The molecule has 1 N–H and O–H groups in total. The van der Waals surface area contributed by atoms with Crippen LogP contribution >= 0.6 is 0 Å². The lowest BCUT2D eigenvalue weighted by molar-refractivity contribution is -0.384. The molecule has 0 atom stereocenters. The minimum absolute atomic E-state index is 0.0742. The zero-order valence-corrected chi connectivity index (χ0v) is 14.2. The van der Waals surface area contributed by atoms with Crippen LogP contribution in [0.5, 0.6) is 5.75 Å². The number of nitro groups is 1. The van der Waals surface area contributed by atoms with Gasteiger partial charge in [-0.15, -0.1) is 0 Å². The van der Waals surface area contributed by atoms with Crippen molar-refractivity contribution in [2.24, 2.45) is 0 Å². The number of nitrogens with one attached hydrogen (secondary N) is 1. The standard InChI is InChI=1S/C16H18N2O5S/c1-23-13-5-3-12(4-6-13)9-10-17-15-8-7-14(24(2,21)22)11-16(15)18(19)20/h3-8,11,17H,9-10H2,1-2H3. The van der Waals surface area contributed by atoms with Crippen molar-refractivity contribution in [1.82, 2.24) is 0 Å². The molecule has 128 valence electrons. The van der Waals surface area contributed by atoms with Crippen molar-refractivity contribution in [3.8, 4) is 5.75 Å². The lowest BCUT2D eigenvalue weighted by atomic mass is 10.1. The van der Waals surface area contributed by atoms with Crippen molar-refractivity contribution in [1.29, 1.82) is 0 Å². The van der Waals surface area contributed by atoms with E-state index in [1.54, 1.807) is 7.11 Å². The maximum absolute atomic E-state index is 11.5. The van der Waals surface area contributed by atoms with Gasteiger partial charge in [-0.3, -0.25) is 10.1 Å². The fraction of sp³-hybridized carbons (Fsp3) is 0.250. The highest BCUT2D eigenvalue weighted by Crippen LogP contribution is 2.27. The van der Waals surface area contributed by atoms with Crippen LogP contribution in [0.25, 0.3) is 0 Å². The first-order valence-electron chi connectivity index (χ1n) is 7.16. The van der Waals surface area contributed by atoms with Crippen molar-refractivity contribution in [3.63, 3.8) is 0 Å². The normalized spacial score (nSPS) is 11.1. The van der Waals surface area contributed by atoms with E-state index in [1.165, 1.54) is 12.1 Å². The third kappa shape index (κ3) is 4.45. The Balaban J connectivity index is 2.10. The highest BCUT2D eigenvalue weighted by Gasteiger charge is 2.18. The summed E-state index contributed by atoms with van der Waals surface area (Å²) in [5, 5.41) is 14.1. The SMILES string of the molecule is COc1ccc(CCNc2ccc(S(C)(=O)=O)cc2[N+](=O)[O-])cc1. The van der Waals surface area contributed by atoms with Gasteiger partial charge in [0.25, 0.3) is 5.69 Å². The van der Waals surface area contributed by atoms with Crippen molar-refractivity contribution in [3.05, 3.63) is 58.1 Å². The maximum atomic E-state index is 11.5. The van der Waals surface area contributed by atoms with E-state index in [-0.39, 0.29) is 10.6 Å². The second kappa shape index (κ2) is 7.31. The molecular formula is C16H18N2O5S. The predicted molar refractivity (Wildman–Crippen MR) is 91.4 cm³/mol. The number of methoxy groups -OCH3 is 1. The molecule has 0 spiro atoms. The molecule has 0 saturated carbocycles. The summed E-state index contributed by atoms with van der Waals surface area (Å²) in [7, 11) is -1.90. The third-order valence-corrected chi connectivity index (χ3v) is 4.59. The first kappa shape index (κ1) is 17.7. The quantitative estimate of drug-likeness (QED) is 0.609. The summed E-state index contributed by atoms with van der Waals surface area (Å²) in [5.74, 6) is 0.763. The summed E-state index contributed by atoms with van der Waals surface area (Å²) in [6.45, 7) is 0.478. The summed E-state index contributed by atoms with van der Waals surface area (Å²) in [6, 6.07) is 11.4. The van der Waals surface area contributed by atoms with Gasteiger partial charge in [0.1, 0.15) is 11.4 Å². The largest absolute Gasteiger partial charge is 0.497 e. The minimum Gasteiger partial charge on any atom is -0.497 e. The number of hydrogen-bond acceptors (Lipinski definition) is 6. The summed E-state index contributed by atoms with van der Waals surface area (Å²) in [6.07, 6.45) is 1.68. The second-order valence-electron chi connectivity index (χ2n) is 5.23. The molecule has 0 unspecified atom stereocenters. The summed E-state index contributed by atoms with van der Waals surface area (Å²) < 4.78 is 28.1. The lowest BCUT2D eigenvalue weighted by Gasteiger charge is -2.09. The van der Waals surface area contributed by atoms with Crippen LogP contribution in [0.2, 0.25) is 0 Å². The number of nitrogens with zero attached hydrogens (tertiary/aromatic N) is 1. The molecule has 0 amide bonds. The Morgan fingerprint density at radius 2 is 1.83 bits per heavy atom. The van der Waals surface area contributed by atoms with Crippen LogP contribution in [0, 0.1) is 10.1 Å². The average Bonchev–Trinajstić information content (AvgIpc) is 2.54. The van der Waals surface area contributed by atoms with Gasteiger partial charge in [0.15, 0.2) is 9.84 Å². The van der Waals surface area contributed by atoms with Gasteiger partial charge in [-0.25, -0.2) is 8.42 Å². The van der Waals surface area contributed by atoms with Crippen molar-refractivity contribution in [2.75, 3.05) is 25.2 Å². The fourth-order valence-electron chi connectivity index (χ4n) is 2.18. The van der Waals surface area contributed by atoms with Gasteiger partial charge in [-0.2, -0.15) is 0 Å². The van der Waals surface area contributed by atoms with Gasteiger partial charge in [0.2, 0.25) is 0 Å². The van der Waals surface area contributed by atoms with Crippen LogP contribution < -0.4 is 10.1 Å². The van der Waals surface area contributed by atoms with Crippen molar-refractivity contribution >= 4 is 21.2 Å². The molecular weight excluding hydrogens is 332 g/mol. The van der Waals surface area contributed by atoms with Crippen molar-refractivity contribution in [2.45, 2.75) is 11.3 Å². The van der Waals surface area contributed by atoms with Crippen LogP contribution in [0.1, 0.15) is 5.56 Å². The monoisotopic (exact) mass is 350 g/mol. The number of ether oxygens (including phenoxy) is 1. The maximum Gasteiger partial charge on any atom is 0.293 e. The molecule has 2 rings (SSSR count). The Bertz CT molecular complexity index is 832. The first-order chi connectivity index (χ1) is 11.3. The fourth-order valence-corrected chi connectivity index (χ4v) is 2.82. The van der Waals surface area contributed by atoms with Gasteiger partial charge in [-0.1, -0.05) is 12.1 Å². The molecule has 0 aromatic heterocycles. The van der Waals surface area contributed by atoms with E-state index < -0.39 is 14.8 Å². The molecule has 0 radical (unpaired) electrons. The molecule has 0 heterocycles. The highest BCUT2D eigenvalue weighted by atomic mass is 32.2. The van der Waals surface area contributed by atoms with Gasteiger partial charge >= 0.3 is 0 Å². The van der Waals surface area contributed by atoms with Crippen molar-refractivity contribution < 1.29 is 18.1 Å². The number of rotatable bonds is 7. The molecule has 8 heteroatoms. The van der Waals surface area contributed by atoms with Gasteiger partial charge in [-0.05, 0) is 36.2 Å². The van der Waals surface area contributed by atoms with Gasteiger partial charge < -0.3 is 10.1 Å². The Labute approximate surface area is 140 Å². The number of hydrogen-bond donors (Lipinski definition) is 1. The third-order valence-electron chi connectivity index (χ3n) is 3.48. The Morgan fingerprint density at radius 1 is 1.17 bits per heavy atom. The lowest BCUT2D eigenvalue weighted by Crippen LogP contribution is -2.08. The molecule has 7 nitrogen and oxygen atoms in total. The van der Waals surface area contributed by atoms with E-state index in [1.807, 2.05) is 24.3 Å². The zero-order valence-electron chi connectivity index (χ0n) is 13.4. The molecule has 24 heavy (non-hydrogen) atoms. The highest BCUT2D eigenvalue weighted by molar-refractivity contribution is 7.90. The van der Waals surface area contributed by atoms with Gasteiger partial charge in [0.05, 0.1) is 16.9 Å². The molecule has 0 bridgehead atoms. The summed E-state index contributed by atoms with van der Waals surface area (Å²) >= 11 is 0. The molecule has 0 saturated heterocycles. The molecule has 0 aliphatic heterocycles. The van der Waals surface area contributed by atoms with E-state index in [0.29, 0.717) is 18.7 Å². The predicted octanol–water partition coefficient (Wildman–Crippen LogP) is 2.66. The molecule has 2 aromatic carbocycles. The van der Waals surface area contributed by atoms with Gasteiger partial charge in [0, 0.05) is 18.9 Å². The van der Waals surface area contributed by atoms with Crippen LogP contribution in [0.4, 0.5) is 11.4 Å². The van der Waals surface area contributed by atoms with E-state index in [9.17, 15) is 18.5 Å². The van der Waals surface area contributed by atoms with E-state index >= 15 is 0 Å². The molecule has 0 aliphatic rings. The summed E-state index contributed by atoms with van der Waals surface area (Å²) in [5.41, 5.74) is 1.09.